The second-order valence-electron chi connectivity index (χ2n) is 2.36. The molecule has 0 spiro atoms. The molecular weight excluding hydrogens is 240 g/mol. The van der Waals surface area contributed by atoms with Gasteiger partial charge in [-0.25, -0.2) is 0 Å². The smallest absolute Gasteiger partial charge is 0.263 e. The van der Waals surface area contributed by atoms with E-state index in [9.17, 15) is 4.79 Å². The van der Waals surface area contributed by atoms with E-state index in [0.717, 1.165) is 0 Å². The Bertz CT molecular complexity index is 248. The molecule has 1 rings (SSSR count). The standard InChI is InChI=1S/C7H9BrN2OS/c1-5(8)2-10-7(11)6-3-9-4-12-6/h3-5H,2H2,1H3,(H,10,11). The van der Waals surface area contributed by atoms with Crippen molar-refractivity contribution in [1.29, 1.82) is 0 Å². The summed E-state index contributed by atoms with van der Waals surface area (Å²) in [6.45, 7) is 2.61. The third-order valence-corrected chi connectivity index (χ3v) is 2.30. The largest absolute Gasteiger partial charge is 0.350 e. The van der Waals surface area contributed by atoms with E-state index >= 15 is 0 Å². The molecule has 0 aliphatic carbocycles. The van der Waals surface area contributed by atoms with Gasteiger partial charge in [-0.05, 0) is 0 Å². The number of aromatic nitrogens is 1. The molecule has 0 aliphatic rings. The summed E-state index contributed by atoms with van der Waals surface area (Å²) in [5, 5.41) is 2.77. The van der Waals surface area contributed by atoms with Crippen molar-refractivity contribution in [1.82, 2.24) is 10.3 Å². The second-order valence-corrected chi connectivity index (χ2v) is 4.81. The average molecular weight is 249 g/mol. The van der Waals surface area contributed by atoms with Crippen molar-refractivity contribution in [3.8, 4) is 0 Å². The van der Waals surface area contributed by atoms with Gasteiger partial charge in [-0.3, -0.25) is 9.78 Å². The summed E-state index contributed by atoms with van der Waals surface area (Å²) in [6.07, 6.45) is 1.57. The van der Waals surface area contributed by atoms with Gasteiger partial charge >= 0.3 is 0 Å². The van der Waals surface area contributed by atoms with Gasteiger partial charge in [-0.2, -0.15) is 0 Å². The van der Waals surface area contributed by atoms with E-state index in [1.54, 1.807) is 11.7 Å². The van der Waals surface area contributed by atoms with Crippen molar-refractivity contribution in [3.05, 3.63) is 16.6 Å². The quantitative estimate of drug-likeness (QED) is 0.828. The van der Waals surface area contributed by atoms with Crippen molar-refractivity contribution in [2.24, 2.45) is 0 Å². The van der Waals surface area contributed by atoms with Crippen molar-refractivity contribution in [2.45, 2.75) is 11.8 Å². The lowest BCUT2D eigenvalue weighted by molar-refractivity contribution is 0.0958. The zero-order valence-corrected chi connectivity index (χ0v) is 8.98. The summed E-state index contributed by atoms with van der Waals surface area (Å²) < 4.78 is 0. The first kappa shape index (κ1) is 9.67. The number of alkyl halides is 1. The molecule has 0 saturated carbocycles. The number of nitrogens with one attached hydrogen (secondary N) is 1. The second kappa shape index (κ2) is 4.57. The zero-order valence-electron chi connectivity index (χ0n) is 6.58. The molecule has 12 heavy (non-hydrogen) atoms. The highest BCUT2D eigenvalue weighted by atomic mass is 79.9. The summed E-state index contributed by atoms with van der Waals surface area (Å²) in [6, 6.07) is 0. The summed E-state index contributed by atoms with van der Waals surface area (Å²) in [5.41, 5.74) is 1.65. The fourth-order valence-corrected chi connectivity index (χ4v) is 1.35. The Hall–Kier alpha value is -0.420. The third-order valence-electron chi connectivity index (χ3n) is 1.20. The molecule has 1 aromatic heterocycles. The molecule has 1 heterocycles. The van der Waals surface area contributed by atoms with Crippen LogP contribution in [-0.2, 0) is 0 Å². The van der Waals surface area contributed by atoms with Crippen LogP contribution in [0.4, 0.5) is 0 Å². The van der Waals surface area contributed by atoms with Crippen LogP contribution in [0.5, 0.6) is 0 Å². The average Bonchev–Trinajstić information content (AvgIpc) is 2.51. The summed E-state index contributed by atoms with van der Waals surface area (Å²) >= 11 is 4.68. The Balaban J connectivity index is 2.40. The van der Waals surface area contributed by atoms with Gasteiger partial charge < -0.3 is 5.32 Å². The molecule has 0 saturated heterocycles. The molecule has 0 fully saturated rings. The Kier molecular flexibility index (Phi) is 3.68. The molecule has 1 N–H and O–H groups in total. The van der Waals surface area contributed by atoms with Crippen molar-refractivity contribution < 1.29 is 4.79 Å². The van der Waals surface area contributed by atoms with Crippen molar-refractivity contribution in [3.63, 3.8) is 0 Å². The normalized spacial score (nSPS) is 12.5. The van der Waals surface area contributed by atoms with Gasteiger partial charge in [-0.1, -0.05) is 22.9 Å². The van der Waals surface area contributed by atoms with Crippen LogP contribution in [0, 0.1) is 0 Å². The fourth-order valence-electron chi connectivity index (χ4n) is 0.648. The summed E-state index contributed by atoms with van der Waals surface area (Å²) in [4.78, 5) is 16.0. The van der Waals surface area contributed by atoms with E-state index in [4.69, 9.17) is 0 Å². The zero-order chi connectivity index (χ0) is 8.97. The number of halogens is 1. The van der Waals surface area contributed by atoms with E-state index in [1.165, 1.54) is 11.3 Å². The number of hydrogen-bond acceptors (Lipinski definition) is 3. The maximum Gasteiger partial charge on any atom is 0.263 e. The van der Waals surface area contributed by atoms with Crippen LogP contribution in [0.1, 0.15) is 16.6 Å². The Labute approximate surface area is 83.3 Å². The maximum atomic E-state index is 11.2. The van der Waals surface area contributed by atoms with E-state index in [0.29, 0.717) is 16.2 Å². The number of thiazole rings is 1. The number of amides is 1. The molecule has 3 nitrogen and oxygen atoms in total. The first-order valence-corrected chi connectivity index (χ1v) is 5.30. The monoisotopic (exact) mass is 248 g/mol. The Morgan fingerprint density at radius 2 is 2.67 bits per heavy atom. The number of carbonyl (C=O) groups excluding carboxylic acids is 1. The van der Waals surface area contributed by atoms with E-state index in [1.807, 2.05) is 6.92 Å². The highest BCUT2D eigenvalue weighted by Crippen LogP contribution is 2.04. The lowest BCUT2D eigenvalue weighted by Crippen LogP contribution is -2.27. The van der Waals surface area contributed by atoms with Gasteiger partial charge in [0.15, 0.2) is 0 Å². The highest BCUT2D eigenvalue weighted by molar-refractivity contribution is 9.09. The summed E-state index contributed by atoms with van der Waals surface area (Å²) in [7, 11) is 0. The lowest BCUT2D eigenvalue weighted by Gasteiger charge is -2.03. The topological polar surface area (TPSA) is 42.0 Å². The van der Waals surface area contributed by atoms with Gasteiger partial charge in [0.25, 0.3) is 5.91 Å². The Morgan fingerprint density at radius 3 is 3.17 bits per heavy atom. The van der Waals surface area contributed by atoms with Crippen LogP contribution >= 0.6 is 27.3 Å². The lowest BCUT2D eigenvalue weighted by atomic mass is 10.4. The molecule has 66 valence electrons. The molecule has 0 aliphatic heterocycles. The van der Waals surface area contributed by atoms with E-state index in [-0.39, 0.29) is 5.91 Å². The Morgan fingerprint density at radius 1 is 1.92 bits per heavy atom. The van der Waals surface area contributed by atoms with Crippen LogP contribution in [-0.4, -0.2) is 22.3 Å². The van der Waals surface area contributed by atoms with Gasteiger partial charge in [0, 0.05) is 11.4 Å². The minimum Gasteiger partial charge on any atom is -0.350 e. The summed E-state index contributed by atoms with van der Waals surface area (Å²) in [5.74, 6) is -0.0520. The van der Waals surface area contributed by atoms with Crippen LogP contribution in [0.2, 0.25) is 0 Å². The van der Waals surface area contributed by atoms with Crippen LogP contribution in [0.3, 0.4) is 0 Å². The molecule has 0 bridgehead atoms. The van der Waals surface area contributed by atoms with Crippen LogP contribution in [0.25, 0.3) is 0 Å². The number of nitrogens with zero attached hydrogens (tertiary/aromatic N) is 1. The minimum atomic E-state index is -0.0520. The fraction of sp³-hybridized carbons (Fsp3) is 0.429. The molecule has 1 amide bonds. The SMILES string of the molecule is CC(Br)CNC(=O)c1cncs1. The van der Waals surface area contributed by atoms with Crippen LogP contribution in [0.15, 0.2) is 11.7 Å². The molecule has 1 aromatic rings. The number of carbonyl (C=O) groups is 1. The van der Waals surface area contributed by atoms with Gasteiger partial charge in [0.2, 0.25) is 0 Å². The minimum absolute atomic E-state index is 0.0520. The van der Waals surface area contributed by atoms with Crippen LogP contribution < -0.4 is 5.32 Å². The van der Waals surface area contributed by atoms with Crippen molar-refractivity contribution >= 4 is 33.2 Å². The molecule has 1 unspecified atom stereocenters. The van der Waals surface area contributed by atoms with E-state index in [2.05, 4.69) is 26.2 Å². The maximum absolute atomic E-state index is 11.2. The van der Waals surface area contributed by atoms with Gasteiger partial charge in [0.05, 0.1) is 11.7 Å². The molecular formula is C7H9BrN2OS. The predicted molar refractivity (Wildman–Crippen MR) is 52.8 cm³/mol. The third kappa shape index (κ3) is 2.91. The molecule has 1 atom stereocenters. The van der Waals surface area contributed by atoms with Crippen molar-refractivity contribution in [2.75, 3.05) is 6.54 Å². The molecule has 5 heteroatoms. The van der Waals surface area contributed by atoms with E-state index < -0.39 is 0 Å². The molecule has 0 aromatic carbocycles. The first-order valence-electron chi connectivity index (χ1n) is 3.51. The molecule has 0 radical (unpaired) electrons. The van der Waals surface area contributed by atoms with Gasteiger partial charge in [0.1, 0.15) is 4.88 Å². The van der Waals surface area contributed by atoms with Gasteiger partial charge in [-0.15, -0.1) is 11.3 Å². The predicted octanol–water partition coefficient (Wildman–Crippen LogP) is 1.66. The first-order chi connectivity index (χ1) is 5.70. The highest BCUT2D eigenvalue weighted by Gasteiger charge is 2.06. The number of hydrogen-bond donors (Lipinski definition) is 1. The number of rotatable bonds is 3.